The van der Waals surface area contributed by atoms with Crippen molar-refractivity contribution in [3.8, 4) is 11.4 Å². The lowest BCUT2D eigenvalue weighted by Gasteiger charge is -2.09. The third kappa shape index (κ3) is 3.76. The maximum atomic E-state index is 12.3. The third-order valence-corrected chi connectivity index (χ3v) is 6.25. The molecule has 146 valence electrons. The first-order valence-electron chi connectivity index (χ1n) is 9.06. The highest BCUT2D eigenvalue weighted by Crippen LogP contribution is 2.25. The monoisotopic (exact) mass is 398 g/mol. The Morgan fingerprint density at radius 2 is 1.79 bits per heavy atom. The number of aryl methyl sites for hydroxylation is 2. The van der Waals surface area contributed by atoms with Crippen molar-refractivity contribution < 1.29 is 8.42 Å². The minimum atomic E-state index is -3.46. The van der Waals surface area contributed by atoms with Gasteiger partial charge >= 0.3 is 0 Å². The fraction of sp³-hybridized carbons (Fsp3) is 0.316. The third-order valence-electron chi connectivity index (χ3n) is 4.71. The largest absolute Gasteiger partial charge is 0.330 e. The molecule has 0 saturated heterocycles. The molecule has 1 aliphatic carbocycles. The van der Waals surface area contributed by atoms with Crippen LogP contribution in [-0.4, -0.2) is 34.0 Å². The van der Waals surface area contributed by atoms with Crippen molar-refractivity contribution in [1.29, 1.82) is 0 Å². The van der Waals surface area contributed by atoms with Crippen molar-refractivity contribution in [3.05, 3.63) is 48.0 Å². The minimum Gasteiger partial charge on any atom is -0.330 e. The molecule has 2 heterocycles. The van der Waals surface area contributed by atoms with E-state index in [1.54, 1.807) is 30.5 Å². The van der Waals surface area contributed by atoms with Crippen LogP contribution in [0, 0.1) is 13.8 Å². The molecule has 28 heavy (non-hydrogen) atoms. The first kappa shape index (κ1) is 18.6. The number of anilines is 2. The number of hydrogen-bond acceptors (Lipinski definition) is 6. The topological polar surface area (TPSA) is 102 Å². The molecule has 3 aromatic rings. The Hall–Kier alpha value is -2.78. The van der Waals surface area contributed by atoms with Gasteiger partial charge in [0.25, 0.3) is 0 Å². The fourth-order valence-electron chi connectivity index (χ4n) is 3.02. The Labute approximate surface area is 164 Å². The first-order valence-corrected chi connectivity index (χ1v) is 10.5. The van der Waals surface area contributed by atoms with Gasteiger partial charge in [-0.25, -0.2) is 28.1 Å². The summed E-state index contributed by atoms with van der Waals surface area (Å²) in [5.74, 6) is 1.35. The molecule has 0 atom stereocenters. The van der Waals surface area contributed by atoms with Gasteiger partial charge in [0.2, 0.25) is 16.0 Å². The fourth-order valence-corrected chi connectivity index (χ4v) is 4.32. The number of nitrogens with zero attached hydrogens (tertiary/aromatic N) is 4. The maximum absolute atomic E-state index is 12.3. The Morgan fingerprint density at radius 3 is 2.39 bits per heavy atom. The predicted molar refractivity (Wildman–Crippen MR) is 107 cm³/mol. The zero-order chi connectivity index (χ0) is 19.9. The zero-order valence-electron chi connectivity index (χ0n) is 16.0. The van der Waals surface area contributed by atoms with E-state index >= 15 is 0 Å². The van der Waals surface area contributed by atoms with Crippen molar-refractivity contribution in [1.82, 2.24) is 24.2 Å². The van der Waals surface area contributed by atoms with Crippen molar-refractivity contribution >= 4 is 21.7 Å². The summed E-state index contributed by atoms with van der Waals surface area (Å²) in [6, 6.07) is 8.48. The molecule has 0 unspecified atom stereocenters. The van der Waals surface area contributed by atoms with Crippen molar-refractivity contribution in [3.63, 3.8) is 0 Å². The molecular formula is C19H22N6O2S. The SMILES string of the molecule is Cc1nc(C)n(C)c1-c1ccnc(Nc2ccc(S(=O)(=O)NC3CC3)cc2)n1. The van der Waals surface area contributed by atoms with Crippen molar-refractivity contribution in [2.24, 2.45) is 7.05 Å². The highest BCUT2D eigenvalue weighted by Gasteiger charge is 2.27. The van der Waals surface area contributed by atoms with Gasteiger partial charge in [0.1, 0.15) is 5.82 Å². The highest BCUT2D eigenvalue weighted by molar-refractivity contribution is 7.89. The number of nitrogens with one attached hydrogen (secondary N) is 2. The molecule has 9 heteroatoms. The number of aromatic nitrogens is 4. The lowest BCUT2D eigenvalue weighted by Crippen LogP contribution is -2.25. The van der Waals surface area contributed by atoms with E-state index in [0.29, 0.717) is 11.6 Å². The highest BCUT2D eigenvalue weighted by atomic mass is 32.2. The Bertz CT molecular complexity index is 1120. The van der Waals surface area contributed by atoms with Crippen LogP contribution in [-0.2, 0) is 17.1 Å². The van der Waals surface area contributed by atoms with E-state index in [-0.39, 0.29) is 10.9 Å². The minimum absolute atomic E-state index is 0.0815. The Kier molecular flexibility index (Phi) is 4.64. The van der Waals surface area contributed by atoms with Crippen LogP contribution in [0.5, 0.6) is 0 Å². The van der Waals surface area contributed by atoms with E-state index in [1.165, 1.54) is 0 Å². The summed E-state index contributed by atoms with van der Waals surface area (Å²) in [6.45, 7) is 3.90. The van der Waals surface area contributed by atoms with Gasteiger partial charge in [0.15, 0.2) is 0 Å². The molecule has 1 fully saturated rings. The molecule has 2 aromatic heterocycles. The molecule has 0 spiro atoms. The molecule has 1 aliphatic rings. The summed E-state index contributed by atoms with van der Waals surface area (Å²) >= 11 is 0. The van der Waals surface area contributed by atoms with Crippen LogP contribution < -0.4 is 10.0 Å². The molecule has 1 aromatic carbocycles. The van der Waals surface area contributed by atoms with Crippen LogP contribution in [0.2, 0.25) is 0 Å². The summed E-state index contributed by atoms with van der Waals surface area (Å²) < 4.78 is 29.2. The molecular weight excluding hydrogens is 376 g/mol. The summed E-state index contributed by atoms with van der Waals surface area (Å²) in [6.07, 6.45) is 3.50. The van der Waals surface area contributed by atoms with E-state index in [1.807, 2.05) is 31.5 Å². The lowest BCUT2D eigenvalue weighted by atomic mass is 10.2. The predicted octanol–water partition coefficient (Wildman–Crippen LogP) is 2.68. The van der Waals surface area contributed by atoms with Crippen LogP contribution in [0.1, 0.15) is 24.4 Å². The number of hydrogen-bond donors (Lipinski definition) is 2. The lowest BCUT2D eigenvalue weighted by molar-refractivity contribution is 0.581. The quantitative estimate of drug-likeness (QED) is 0.662. The Morgan fingerprint density at radius 1 is 1.07 bits per heavy atom. The van der Waals surface area contributed by atoms with Gasteiger partial charge in [-0.2, -0.15) is 0 Å². The second kappa shape index (κ2) is 6.99. The van der Waals surface area contributed by atoms with E-state index in [9.17, 15) is 8.42 Å². The smallest absolute Gasteiger partial charge is 0.240 e. The van der Waals surface area contributed by atoms with Gasteiger partial charge in [0, 0.05) is 25.0 Å². The van der Waals surface area contributed by atoms with Gasteiger partial charge < -0.3 is 9.88 Å². The normalized spacial score (nSPS) is 14.2. The van der Waals surface area contributed by atoms with Gasteiger partial charge in [-0.3, -0.25) is 0 Å². The average molecular weight is 398 g/mol. The van der Waals surface area contributed by atoms with E-state index in [2.05, 4.69) is 25.0 Å². The van der Waals surface area contributed by atoms with Crippen LogP contribution in [0.4, 0.5) is 11.6 Å². The number of imidazole rings is 1. The van der Waals surface area contributed by atoms with Crippen LogP contribution in [0.15, 0.2) is 41.4 Å². The summed E-state index contributed by atoms with van der Waals surface area (Å²) in [7, 11) is -1.50. The average Bonchev–Trinajstić information content (AvgIpc) is 3.41. The number of benzene rings is 1. The summed E-state index contributed by atoms with van der Waals surface area (Å²) in [5, 5.41) is 3.12. The standard InChI is InChI=1S/C19H22N6O2S/c1-12-18(25(3)13(2)21-12)17-10-11-20-19(23-17)22-14-6-8-16(9-7-14)28(26,27)24-15-4-5-15/h6-11,15,24H,4-5H2,1-3H3,(H,20,22,23). The molecule has 8 nitrogen and oxygen atoms in total. The van der Waals surface area contributed by atoms with Crippen LogP contribution in [0.25, 0.3) is 11.4 Å². The molecule has 1 saturated carbocycles. The summed E-state index contributed by atoms with van der Waals surface area (Å²) in [4.78, 5) is 13.6. The molecule has 2 N–H and O–H groups in total. The molecule has 0 bridgehead atoms. The zero-order valence-corrected chi connectivity index (χ0v) is 16.8. The van der Waals surface area contributed by atoms with Crippen LogP contribution >= 0.6 is 0 Å². The summed E-state index contributed by atoms with van der Waals surface area (Å²) in [5.41, 5.74) is 3.32. The van der Waals surface area contributed by atoms with Crippen molar-refractivity contribution in [2.45, 2.75) is 37.6 Å². The molecule has 0 aliphatic heterocycles. The van der Waals surface area contributed by atoms with E-state index in [0.717, 1.165) is 35.7 Å². The van der Waals surface area contributed by atoms with Gasteiger partial charge in [-0.05, 0) is 57.0 Å². The van der Waals surface area contributed by atoms with E-state index in [4.69, 9.17) is 0 Å². The van der Waals surface area contributed by atoms with E-state index < -0.39 is 10.0 Å². The number of sulfonamides is 1. The first-order chi connectivity index (χ1) is 13.3. The second-order valence-electron chi connectivity index (χ2n) is 6.96. The van der Waals surface area contributed by atoms with Crippen LogP contribution in [0.3, 0.4) is 0 Å². The second-order valence-corrected chi connectivity index (χ2v) is 8.68. The Balaban J connectivity index is 1.55. The van der Waals surface area contributed by atoms with Gasteiger partial charge in [-0.1, -0.05) is 0 Å². The molecule has 0 amide bonds. The van der Waals surface area contributed by atoms with Crippen molar-refractivity contribution in [2.75, 3.05) is 5.32 Å². The molecule has 0 radical (unpaired) electrons. The number of rotatable bonds is 6. The maximum Gasteiger partial charge on any atom is 0.240 e. The van der Waals surface area contributed by atoms with Gasteiger partial charge in [-0.15, -0.1) is 0 Å². The van der Waals surface area contributed by atoms with Gasteiger partial charge in [0.05, 0.1) is 22.0 Å². The molecule has 4 rings (SSSR count).